The summed E-state index contributed by atoms with van der Waals surface area (Å²) in [5, 5.41) is 0. The number of aliphatic imine (C=N–C) groups is 1. The predicted molar refractivity (Wildman–Crippen MR) is 116 cm³/mol. The van der Waals surface area contributed by atoms with Gasteiger partial charge in [-0.2, -0.15) is 4.99 Å². The highest BCUT2D eigenvalue weighted by Gasteiger charge is 2.50. The molecule has 3 heterocycles. The minimum absolute atomic E-state index is 0.0566. The van der Waals surface area contributed by atoms with E-state index in [1.165, 1.54) is 11.1 Å². The second-order valence-electron chi connectivity index (χ2n) is 9.83. The van der Waals surface area contributed by atoms with Crippen LogP contribution in [0.5, 0.6) is 0 Å². The molecule has 3 aliphatic heterocycles. The number of likely N-dealkylation sites (tertiary alicyclic amines) is 1. The van der Waals surface area contributed by atoms with Gasteiger partial charge in [0.2, 0.25) is 0 Å². The van der Waals surface area contributed by atoms with E-state index in [4.69, 9.17) is 9.47 Å². The van der Waals surface area contributed by atoms with Crippen molar-refractivity contribution in [2.24, 2.45) is 10.4 Å². The van der Waals surface area contributed by atoms with Gasteiger partial charge in [0, 0.05) is 19.5 Å². The first-order chi connectivity index (χ1) is 14.3. The molecule has 5 nitrogen and oxygen atoms in total. The van der Waals surface area contributed by atoms with Gasteiger partial charge in [0.15, 0.2) is 6.10 Å². The fourth-order valence-electron chi connectivity index (χ4n) is 5.43. The molecule has 5 rings (SSSR count). The molecule has 1 amide bonds. The number of nitrogens with zero attached hydrogens (tertiary/aromatic N) is 2. The SMILES string of the molecule is CC1(CC2OC(N3CCC4(CC3)OC(C)(C)c3ccccc34)=NC2=O)C=CC=CC1. The number of benzene rings is 1. The van der Waals surface area contributed by atoms with Gasteiger partial charge in [-0.15, -0.1) is 0 Å². The quantitative estimate of drug-likeness (QED) is 0.729. The monoisotopic (exact) mass is 406 g/mol. The number of hydrogen-bond donors (Lipinski definition) is 0. The van der Waals surface area contributed by atoms with Crippen molar-refractivity contribution in [2.75, 3.05) is 13.1 Å². The number of rotatable bonds is 2. The Morgan fingerprint density at radius 2 is 1.83 bits per heavy atom. The molecule has 1 aromatic carbocycles. The van der Waals surface area contributed by atoms with E-state index in [0.717, 1.165) is 32.4 Å². The van der Waals surface area contributed by atoms with Gasteiger partial charge in [-0.1, -0.05) is 55.5 Å². The van der Waals surface area contributed by atoms with Gasteiger partial charge in [-0.05, 0) is 49.7 Å². The molecule has 2 atom stereocenters. The van der Waals surface area contributed by atoms with Crippen molar-refractivity contribution in [1.82, 2.24) is 4.90 Å². The smallest absolute Gasteiger partial charge is 0.296 e. The summed E-state index contributed by atoms with van der Waals surface area (Å²) in [7, 11) is 0. The Kier molecular flexibility index (Phi) is 4.44. The minimum Gasteiger partial charge on any atom is -0.451 e. The highest BCUT2D eigenvalue weighted by molar-refractivity contribution is 5.98. The molecule has 1 saturated heterocycles. The molecule has 1 aliphatic carbocycles. The number of amides is 1. The Balaban J connectivity index is 1.26. The largest absolute Gasteiger partial charge is 0.451 e. The number of allylic oxidation sites excluding steroid dienone is 4. The van der Waals surface area contributed by atoms with Gasteiger partial charge >= 0.3 is 0 Å². The zero-order valence-corrected chi connectivity index (χ0v) is 18.1. The van der Waals surface area contributed by atoms with Crippen LogP contribution in [0.3, 0.4) is 0 Å². The predicted octanol–water partition coefficient (Wildman–Crippen LogP) is 4.44. The third-order valence-electron chi connectivity index (χ3n) is 7.07. The summed E-state index contributed by atoms with van der Waals surface area (Å²) in [5.41, 5.74) is 2.00. The maximum Gasteiger partial charge on any atom is 0.296 e. The van der Waals surface area contributed by atoms with Gasteiger partial charge < -0.3 is 14.4 Å². The molecule has 4 aliphatic rings. The summed E-state index contributed by atoms with van der Waals surface area (Å²) < 4.78 is 12.7. The van der Waals surface area contributed by atoms with Crippen LogP contribution in [-0.4, -0.2) is 36.0 Å². The van der Waals surface area contributed by atoms with Crippen LogP contribution in [0.2, 0.25) is 0 Å². The molecule has 30 heavy (non-hydrogen) atoms. The summed E-state index contributed by atoms with van der Waals surface area (Å²) in [5.74, 6) is -0.155. The standard InChI is InChI=1S/C25H30N2O3/c1-23(2)18-9-5-6-10-19(18)25(30-23)13-15-27(16-14-25)22-26-21(28)20(29-22)17-24(3)11-7-4-8-12-24/h4-11,20H,12-17H2,1-3H3. The second kappa shape index (κ2) is 6.81. The van der Waals surface area contributed by atoms with E-state index >= 15 is 0 Å². The highest BCUT2D eigenvalue weighted by atomic mass is 16.5. The number of piperidine rings is 1. The first kappa shape index (κ1) is 19.6. The molecule has 0 radical (unpaired) electrons. The van der Waals surface area contributed by atoms with Crippen LogP contribution in [0.25, 0.3) is 0 Å². The van der Waals surface area contributed by atoms with E-state index in [0.29, 0.717) is 12.4 Å². The van der Waals surface area contributed by atoms with E-state index in [-0.39, 0.29) is 22.5 Å². The molecule has 5 heteroatoms. The molecular weight excluding hydrogens is 376 g/mol. The topological polar surface area (TPSA) is 51.1 Å². The van der Waals surface area contributed by atoms with Crippen LogP contribution in [-0.2, 0) is 25.5 Å². The van der Waals surface area contributed by atoms with Crippen LogP contribution in [0.1, 0.15) is 57.6 Å². The average molecular weight is 407 g/mol. The lowest BCUT2D eigenvalue weighted by atomic mass is 9.79. The number of fused-ring (bicyclic) bond motifs is 2. The van der Waals surface area contributed by atoms with Crippen molar-refractivity contribution in [1.29, 1.82) is 0 Å². The van der Waals surface area contributed by atoms with Crippen LogP contribution >= 0.6 is 0 Å². The van der Waals surface area contributed by atoms with Gasteiger partial charge in [-0.25, -0.2) is 0 Å². The Bertz CT molecular complexity index is 953. The van der Waals surface area contributed by atoms with Crippen LogP contribution in [0, 0.1) is 5.41 Å². The lowest BCUT2D eigenvalue weighted by molar-refractivity contribution is -0.146. The third kappa shape index (κ3) is 3.20. The molecule has 0 bridgehead atoms. The zero-order valence-electron chi connectivity index (χ0n) is 18.1. The molecule has 1 aromatic rings. The summed E-state index contributed by atoms with van der Waals surface area (Å²) >= 11 is 0. The van der Waals surface area contributed by atoms with Gasteiger partial charge in [0.1, 0.15) is 0 Å². The number of hydrogen-bond acceptors (Lipinski definition) is 4. The normalized spacial score (nSPS) is 31.0. The summed E-state index contributed by atoms with van der Waals surface area (Å²) in [6, 6.07) is 9.06. The number of ether oxygens (including phenoxy) is 2. The fourth-order valence-corrected chi connectivity index (χ4v) is 5.43. The molecule has 1 fully saturated rings. The maximum absolute atomic E-state index is 12.5. The van der Waals surface area contributed by atoms with Crippen molar-refractivity contribution in [3.63, 3.8) is 0 Å². The summed E-state index contributed by atoms with van der Waals surface area (Å²) in [6.45, 7) is 8.00. The molecule has 158 valence electrons. The Hall–Kier alpha value is -2.40. The summed E-state index contributed by atoms with van der Waals surface area (Å²) in [6.07, 6.45) is 11.2. The minimum atomic E-state index is -0.487. The van der Waals surface area contributed by atoms with Crippen molar-refractivity contribution in [2.45, 2.75) is 63.8 Å². The first-order valence-electron chi connectivity index (χ1n) is 11.0. The van der Waals surface area contributed by atoms with E-state index < -0.39 is 6.10 Å². The molecule has 0 aromatic heterocycles. The van der Waals surface area contributed by atoms with E-state index in [1.54, 1.807) is 0 Å². The maximum atomic E-state index is 12.5. The lowest BCUT2D eigenvalue weighted by Crippen LogP contribution is -2.46. The summed E-state index contributed by atoms with van der Waals surface area (Å²) in [4.78, 5) is 18.9. The first-order valence-corrected chi connectivity index (χ1v) is 11.0. The van der Waals surface area contributed by atoms with Gasteiger partial charge in [0.25, 0.3) is 11.9 Å². The molecule has 1 spiro atoms. The molecule has 0 N–H and O–H groups in total. The van der Waals surface area contributed by atoms with E-state index in [2.05, 4.69) is 79.2 Å². The third-order valence-corrected chi connectivity index (χ3v) is 7.07. The van der Waals surface area contributed by atoms with E-state index in [1.807, 2.05) is 0 Å². The van der Waals surface area contributed by atoms with Crippen molar-refractivity contribution in [3.8, 4) is 0 Å². The molecule has 0 saturated carbocycles. The Labute approximate surface area is 178 Å². The highest BCUT2D eigenvalue weighted by Crippen LogP contribution is 2.51. The zero-order chi connectivity index (χ0) is 21.0. The molecular formula is C25H30N2O3. The van der Waals surface area contributed by atoms with Crippen LogP contribution in [0.15, 0.2) is 53.6 Å². The second-order valence-corrected chi connectivity index (χ2v) is 9.83. The van der Waals surface area contributed by atoms with Crippen molar-refractivity contribution >= 4 is 11.9 Å². The lowest BCUT2D eigenvalue weighted by Gasteiger charge is -2.41. The van der Waals surface area contributed by atoms with Crippen molar-refractivity contribution in [3.05, 3.63) is 59.7 Å². The van der Waals surface area contributed by atoms with Crippen LogP contribution in [0.4, 0.5) is 0 Å². The average Bonchev–Trinajstić information content (AvgIpc) is 3.18. The van der Waals surface area contributed by atoms with Gasteiger partial charge in [0.05, 0.1) is 11.2 Å². The number of amidine groups is 1. The van der Waals surface area contributed by atoms with Crippen molar-refractivity contribution < 1.29 is 14.3 Å². The van der Waals surface area contributed by atoms with E-state index in [9.17, 15) is 4.79 Å². The Morgan fingerprint density at radius 3 is 2.53 bits per heavy atom. The number of carbonyl (C=O) groups excluding carboxylic acids is 1. The molecule has 2 unspecified atom stereocenters. The Morgan fingerprint density at radius 1 is 1.10 bits per heavy atom. The number of carbonyl (C=O) groups is 1. The fraction of sp³-hybridized carbons (Fsp3) is 0.520. The van der Waals surface area contributed by atoms with Gasteiger partial charge in [-0.3, -0.25) is 4.79 Å². The van der Waals surface area contributed by atoms with Crippen LogP contribution < -0.4 is 0 Å².